The second kappa shape index (κ2) is 10.7. The molecular formula is C28H27N3O4. The van der Waals surface area contributed by atoms with Crippen molar-refractivity contribution in [2.75, 3.05) is 23.4 Å². The van der Waals surface area contributed by atoms with E-state index in [-0.39, 0.29) is 13.2 Å². The molecule has 0 aliphatic carbocycles. The van der Waals surface area contributed by atoms with Crippen molar-refractivity contribution in [3.8, 4) is 0 Å². The number of carbonyl (C=O) groups is 3. The van der Waals surface area contributed by atoms with Gasteiger partial charge in [0, 0.05) is 11.3 Å². The minimum Gasteiger partial charge on any atom is -0.465 e. The summed E-state index contributed by atoms with van der Waals surface area (Å²) in [5, 5.41) is 5.54. The third-order valence-electron chi connectivity index (χ3n) is 5.62. The summed E-state index contributed by atoms with van der Waals surface area (Å²) >= 11 is 0. The number of urea groups is 1. The number of aryl methyl sites for hydroxylation is 1. The van der Waals surface area contributed by atoms with E-state index in [9.17, 15) is 14.4 Å². The van der Waals surface area contributed by atoms with Crippen LogP contribution in [0.1, 0.15) is 23.6 Å². The van der Waals surface area contributed by atoms with Gasteiger partial charge in [-0.3, -0.25) is 14.5 Å². The number of ether oxygens (including phenoxy) is 1. The van der Waals surface area contributed by atoms with Gasteiger partial charge in [0.1, 0.15) is 12.6 Å². The third-order valence-corrected chi connectivity index (χ3v) is 5.62. The molecule has 2 N–H and O–H groups in total. The fourth-order valence-electron chi connectivity index (χ4n) is 3.97. The van der Waals surface area contributed by atoms with Crippen LogP contribution in [0.5, 0.6) is 0 Å². The van der Waals surface area contributed by atoms with Gasteiger partial charge in [-0.25, -0.2) is 4.79 Å². The van der Waals surface area contributed by atoms with Gasteiger partial charge in [-0.2, -0.15) is 0 Å². The van der Waals surface area contributed by atoms with Gasteiger partial charge < -0.3 is 15.4 Å². The Morgan fingerprint density at radius 2 is 1.63 bits per heavy atom. The van der Waals surface area contributed by atoms with E-state index >= 15 is 0 Å². The Morgan fingerprint density at radius 3 is 2.34 bits per heavy atom. The maximum Gasteiger partial charge on any atom is 0.326 e. The summed E-state index contributed by atoms with van der Waals surface area (Å²) < 4.78 is 5.12. The van der Waals surface area contributed by atoms with Crippen molar-refractivity contribution in [3.63, 3.8) is 0 Å². The minimum absolute atomic E-state index is 0.205. The number of hydrogen-bond acceptors (Lipinski definition) is 4. The van der Waals surface area contributed by atoms with Crippen LogP contribution in [0, 0.1) is 6.92 Å². The van der Waals surface area contributed by atoms with E-state index in [4.69, 9.17) is 4.74 Å². The first-order valence-electron chi connectivity index (χ1n) is 11.4. The maximum absolute atomic E-state index is 13.7. The van der Waals surface area contributed by atoms with E-state index in [0.717, 1.165) is 22.3 Å². The number of nitrogens with zero attached hydrogens (tertiary/aromatic N) is 1. The molecule has 3 aromatic carbocycles. The van der Waals surface area contributed by atoms with Crippen molar-refractivity contribution in [1.29, 1.82) is 0 Å². The summed E-state index contributed by atoms with van der Waals surface area (Å²) in [4.78, 5) is 40.3. The number of fused-ring (bicyclic) bond motifs is 1. The highest BCUT2D eigenvalue weighted by Crippen LogP contribution is 2.35. The molecule has 3 amide bonds. The quantitative estimate of drug-likeness (QED) is 0.520. The van der Waals surface area contributed by atoms with Crippen molar-refractivity contribution in [3.05, 3.63) is 102 Å². The SMILES string of the molecule is CCOC(=O)CN1C(=O)C(NC(=O)Nc2ccc(C)cc2)C=C(c2ccccc2)c2ccccc21. The molecule has 1 aliphatic rings. The van der Waals surface area contributed by atoms with E-state index in [1.807, 2.05) is 67.6 Å². The average molecular weight is 470 g/mol. The number of carbonyl (C=O) groups excluding carboxylic acids is 3. The lowest BCUT2D eigenvalue weighted by Crippen LogP contribution is -2.50. The lowest BCUT2D eigenvalue weighted by atomic mass is 9.95. The fourth-order valence-corrected chi connectivity index (χ4v) is 3.97. The van der Waals surface area contributed by atoms with Crippen LogP contribution in [0.3, 0.4) is 0 Å². The monoisotopic (exact) mass is 469 g/mol. The zero-order valence-corrected chi connectivity index (χ0v) is 19.7. The molecular weight excluding hydrogens is 442 g/mol. The summed E-state index contributed by atoms with van der Waals surface area (Å²) in [6, 6.07) is 22.8. The third kappa shape index (κ3) is 5.58. The highest BCUT2D eigenvalue weighted by atomic mass is 16.5. The van der Waals surface area contributed by atoms with E-state index in [1.54, 1.807) is 31.2 Å². The molecule has 3 aromatic rings. The Kier molecular flexibility index (Phi) is 7.26. The zero-order chi connectivity index (χ0) is 24.8. The summed E-state index contributed by atoms with van der Waals surface area (Å²) in [5.41, 5.74) is 4.69. The zero-order valence-electron chi connectivity index (χ0n) is 19.7. The van der Waals surface area contributed by atoms with Gasteiger partial charge in [0.15, 0.2) is 0 Å². The summed E-state index contributed by atoms with van der Waals surface area (Å²) in [6.07, 6.45) is 1.73. The van der Waals surface area contributed by atoms with Gasteiger partial charge in [-0.1, -0.05) is 66.2 Å². The minimum atomic E-state index is -1.02. The molecule has 1 atom stereocenters. The van der Waals surface area contributed by atoms with Crippen molar-refractivity contribution >= 4 is 34.9 Å². The van der Waals surface area contributed by atoms with Crippen LogP contribution in [-0.4, -0.2) is 37.1 Å². The fraction of sp³-hybridized carbons (Fsp3) is 0.179. The first-order chi connectivity index (χ1) is 17.0. The summed E-state index contributed by atoms with van der Waals surface area (Å²) in [5.74, 6) is -0.961. The van der Waals surface area contributed by atoms with Crippen molar-refractivity contribution in [1.82, 2.24) is 5.32 Å². The van der Waals surface area contributed by atoms with E-state index in [2.05, 4.69) is 10.6 Å². The van der Waals surface area contributed by atoms with E-state index < -0.39 is 23.9 Å². The second-order valence-electron chi connectivity index (χ2n) is 8.14. The molecule has 7 nitrogen and oxygen atoms in total. The molecule has 4 rings (SSSR count). The van der Waals surface area contributed by atoms with Crippen LogP contribution in [0.4, 0.5) is 16.2 Å². The van der Waals surface area contributed by atoms with Crippen LogP contribution in [0.15, 0.2) is 84.9 Å². The van der Waals surface area contributed by atoms with Gasteiger partial charge in [0.25, 0.3) is 5.91 Å². The molecule has 1 unspecified atom stereocenters. The Bertz CT molecular complexity index is 1250. The molecule has 178 valence electrons. The van der Waals surface area contributed by atoms with Gasteiger partial charge >= 0.3 is 12.0 Å². The Morgan fingerprint density at radius 1 is 0.943 bits per heavy atom. The number of anilines is 2. The first-order valence-corrected chi connectivity index (χ1v) is 11.4. The highest BCUT2D eigenvalue weighted by molar-refractivity contribution is 6.09. The first kappa shape index (κ1) is 23.8. The van der Waals surface area contributed by atoms with E-state index in [1.165, 1.54) is 4.90 Å². The lowest BCUT2D eigenvalue weighted by Gasteiger charge is -2.25. The molecule has 1 heterocycles. The van der Waals surface area contributed by atoms with Crippen LogP contribution in [-0.2, 0) is 14.3 Å². The summed E-state index contributed by atoms with van der Waals surface area (Å²) in [7, 11) is 0. The molecule has 0 fully saturated rings. The second-order valence-corrected chi connectivity index (χ2v) is 8.14. The predicted molar refractivity (Wildman–Crippen MR) is 136 cm³/mol. The summed E-state index contributed by atoms with van der Waals surface area (Å²) in [6.45, 7) is 3.61. The molecule has 0 saturated heterocycles. The van der Waals surface area contributed by atoms with E-state index in [0.29, 0.717) is 11.4 Å². The smallest absolute Gasteiger partial charge is 0.326 e. The highest BCUT2D eigenvalue weighted by Gasteiger charge is 2.33. The molecule has 7 heteroatoms. The van der Waals surface area contributed by atoms with Gasteiger partial charge in [0.05, 0.1) is 12.3 Å². The number of amides is 3. The standard InChI is InChI=1S/C28H27N3O4/c1-3-35-26(32)18-31-25-12-8-7-11-22(25)23(20-9-5-4-6-10-20)17-24(27(31)33)30-28(34)29-21-15-13-19(2)14-16-21/h4-17,24H,3,18H2,1-2H3,(H2,29,30,34). The van der Waals surface area contributed by atoms with Crippen LogP contribution in [0.2, 0.25) is 0 Å². The van der Waals surface area contributed by atoms with Crippen molar-refractivity contribution in [2.24, 2.45) is 0 Å². The Balaban J connectivity index is 1.72. The van der Waals surface area contributed by atoms with Crippen molar-refractivity contribution < 1.29 is 19.1 Å². The van der Waals surface area contributed by atoms with Gasteiger partial charge in [-0.15, -0.1) is 0 Å². The number of hydrogen-bond donors (Lipinski definition) is 2. The molecule has 0 aromatic heterocycles. The number of rotatable bonds is 6. The molecule has 0 radical (unpaired) electrons. The molecule has 1 aliphatic heterocycles. The van der Waals surface area contributed by atoms with Gasteiger partial charge in [-0.05, 0) is 49.3 Å². The largest absolute Gasteiger partial charge is 0.465 e. The molecule has 35 heavy (non-hydrogen) atoms. The topological polar surface area (TPSA) is 87.7 Å². The maximum atomic E-state index is 13.7. The van der Waals surface area contributed by atoms with Crippen LogP contribution >= 0.6 is 0 Å². The van der Waals surface area contributed by atoms with Crippen LogP contribution in [0.25, 0.3) is 5.57 Å². The Hall–Kier alpha value is -4.39. The Labute approximate surface area is 204 Å². The molecule has 0 spiro atoms. The number of para-hydroxylation sites is 1. The normalized spacial score (nSPS) is 14.9. The van der Waals surface area contributed by atoms with Crippen LogP contribution < -0.4 is 15.5 Å². The van der Waals surface area contributed by atoms with Gasteiger partial charge in [0.2, 0.25) is 0 Å². The lowest BCUT2D eigenvalue weighted by molar-refractivity contribution is -0.142. The average Bonchev–Trinajstić information content (AvgIpc) is 2.97. The number of esters is 1. The number of benzene rings is 3. The predicted octanol–water partition coefficient (Wildman–Crippen LogP) is 4.53. The molecule has 0 saturated carbocycles. The molecule has 0 bridgehead atoms. The number of nitrogens with one attached hydrogen (secondary N) is 2. The van der Waals surface area contributed by atoms with Crippen molar-refractivity contribution in [2.45, 2.75) is 19.9 Å².